The third-order valence-corrected chi connectivity index (χ3v) is 4.37. The van der Waals surface area contributed by atoms with Gasteiger partial charge in [0, 0.05) is 18.6 Å². The summed E-state index contributed by atoms with van der Waals surface area (Å²) >= 11 is 1.69. The number of carbonyl (C=O) groups is 1. The molecule has 0 radical (unpaired) electrons. The number of thiophene rings is 1. The Balaban J connectivity index is 1.70. The maximum atomic E-state index is 12.5. The van der Waals surface area contributed by atoms with Crippen molar-refractivity contribution >= 4 is 17.2 Å². The Morgan fingerprint density at radius 3 is 2.83 bits per heavy atom. The lowest BCUT2D eigenvalue weighted by Gasteiger charge is -2.25. The fourth-order valence-corrected chi connectivity index (χ4v) is 3.14. The van der Waals surface area contributed by atoms with Crippen LogP contribution in [0.5, 0.6) is 0 Å². The van der Waals surface area contributed by atoms with Crippen molar-refractivity contribution in [3.05, 3.63) is 34.5 Å². The zero-order valence-electron chi connectivity index (χ0n) is 10.3. The van der Waals surface area contributed by atoms with Crippen LogP contribution in [0.1, 0.15) is 24.8 Å². The van der Waals surface area contributed by atoms with Gasteiger partial charge in [-0.3, -0.25) is 4.79 Å². The second-order valence-corrected chi connectivity index (χ2v) is 6.00. The van der Waals surface area contributed by atoms with Crippen LogP contribution in [0.3, 0.4) is 0 Å². The second-order valence-electron chi connectivity index (χ2n) is 5.22. The van der Waals surface area contributed by atoms with Crippen LogP contribution in [0, 0.1) is 5.92 Å². The van der Waals surface area contributed by atoms with Crippen LogP contribution in [0.25, 0.3) is 0 Å². The first kappa shape index (κ1) is 11.9. The number of nitrogens with zero attached hydrogens (tertiary/aromatic N) is 1. The molecule has 0 aliphatic heterocycles. The molecular weight excluding hydrogens is 244 g/mol. The number of nitrogens with two attached hydrogens (primary N) is 1. The molecular formula is C14H18N2OS. The van der Waals surface area contributed by atoms with E-state index in [-0.39, 0.29) is 17.9 Å². The highest BCUT2D eigenvalue weighted by atomic mass is 32.1. The molecule has 1 aromatic rings. The third kappa shape index (κ3) is 2.49. The highest BCUT2D eigenvalue weighted by Gasteiger charge is 2.36. The van der Waals surface area contributed by atoms with Crippen molar-refractivity contribution in [1.29, 1.82) is 0 Å². The quantitative estimate of drug-likeness (QED) is 0.845. The summed E-state index contributed by atoms with van der Waals surface area (Å²) in [7, 11) is 0. The molecule has 1 saturated carbocycles. The van der Waals surface area contributed by atoms with Crippen LogP contribution in [-0.2, 0) is 11.3 Å². The normalized spacial score (nSPS) is 26.5. The van der Waals surface area contributed by atoms with Crippen molar-refractivity contribution in [3.63, 3.8) is 0 Å². The molecule has 2 aliphatic rings. The van der Waals surface area contributed by atoms with E-state index in [1.807, 2.05) is 12.2 Å². The van der Waals surface area contributed by atoms with Crippen molar-refractivity contribution in [2.45, 2.75) is 37.9 Å². The zero-order chi connectivity index (χ0) is 12.5. The predicted octanol–water partition coefficient (Wildman–Crippen LogP) is 2.14. The summed E-state index contributed by atoms with van der Waals surface area (Å²) in [6.07, 6.45) is 7.01. The van der Waals surface area contributed by atoms with E-state index in [1.165, 1.54) is 5.56 Å². The number of rotatable bonds is 4. The van der Waals surface area contributed by atoms with Crippen LogP contribution in [0.4, 0.5) is 0 Å². The second kappa shape index (κ2) is 4.86. The van der Waals surface area contributed by atoms with Gasteiger partial charge in [0.25, 0.3) is 0 Å². The van der Waals surface area contributed by atoms with Crippen molar-refractivity contribution < 1.29 is 4.79 Å². The Labute approximate surface area is 111 Å². The van der Waals surface area contributed by atoms with Crippen molar-refractivity contribution in [1.82, 2.24) is 4.90 Å². The smallest absolute Gasteiger partial charge is 0.230 e. The number of carbonyl (C=O) groups excluding carboxylic acids is 1. The monoisotopic (exact) mass is 262 g/mol. The highest BCUT2D eigenvalue weighted by molar-refractivity contribution is 7.07. The van der Waals surface area contributed by atoms with Crippen molar-refractivity contribution in [3.8, 4) is 0 Å². The third-order valence-electron chi connectivity index (χ3n) is 3.64. The van der Waals surface area contributed by atoms with Gasteiger partial charge in [0.1, 0.15) is 0 Å². The highest BCUT2D eigenvalue weighted by Crippen LogP contribution is 2.32. The number of hydrogen-bond donors (Lipinski definition) is 1. The minimum atomic E-state index is -0.000708. The summed E-state index contributed by atoms with van der Waals surface area (Å²) in [6.45, 7) is 0.757. The molecule has 3 rings (SSSR count). The number of hydrogen-bond acceptors (Lipinski definition) is 3. The van der Waals surface area contributed by atoms with Crippen LogP contribution < -0.4 is 5.73 Å². The van der Waals surface area contributed by atoms with E-state index in [0.717, 1.165) is 25.8 Å². The molecule has 18 heavy (non-hydrogen) atoms. The SMILES string of the molecule is NC1C=CC(C(=O)N(Cc2ccsc2)C2CC2)C1. The van der Waals surface area contributed by atoms with Gasteiger partial charge in [0.05, 0.1) is 5.92 Å². The zero-order valence-corrected chi connectivity index (χ0v) is 11.1. The minimum Gasteiger partial charge on any atom is -0.335 e. The first-order valence-electron chi connectivity index (χ1n) is 6.49. The molecule has 0 spiro atoms. The Morgan fingerprint density at radius 2 is 2.28 bits per heavy atom. The molecule has 0 saturated heterocycles. The van der Waals surface area contributed by atoms with E-state index in [2.05, 4.69) is 21.7 Å². The maximum absolute atomic E-state index is 12.5. The van der Waals surface area contributed by atoms with Gasteiger partial charge in [-0.15, -0.1) is 0 Å². The summed E-state index contributed by atoms with van der Waals surface area (Å²) in [5.74, 6) is 0.257. The largest absolute Gasteiger partial charge is 0.335 e. The van der Waals surface area contributed by atoms with Gasteiger partial charge in [0.15, 0.2) is 0 Å². The summed E-state index contributed by atoms with van der Waals surface area (Å²) in [5.41, 5.74) is 7.08. The van der Waals surface area contributed by atoms with E-state index in [4.69, 9.17) is 5.73 Å². The van der Waals surface area contributed by atoms with Gasteiger partial charge in [0.2, 0.25) is 5.91 Å². The predicted molar refractivity (Wildman–Crippen MR) is 73.1 cm³/mol. The molecule has 1 amide bonds. The molecule has 2 atom stereocenters. The first-order valence-corrected chi connectivity index (χ1v) is 7.44. The molecule has 0 bridgehead atoms. The molecule has 3 nitrogen and oxygen atoms in total. The van der Waals surface area contributed by atoms with Crippen LogP contribution in [0.15, 0.2) is 29.0 Å². The summed E-state index contributed by atoms with van der Waals surface area (Å²) in [4.78, 5) is 14.6. The molecule has 2 unspecified atom stereocenters. The lowest BCUT2D eigenvalue weighted by Crippen LogP contribution is -2.37. The van der Waals surface area contributed by atoms with Gasteiger partial charge < -0.3 is 10.6 Å². The summed E-state index contributed by atoms with van der Waals surface area (Å²) in [6, 6.07) is 2.62. The molecule has 2 N–H and O–H groups in total. The van der Waals surface area contributed by atoms with E-state index in [1.54, 1.807) is 11.3 Å². The lowest BCUT2D eigenvalue weighted by molar-refractivity contribution is -0.135. The van der Waals surface area contributed by atoms with Gasteiger partial charge in [-0.05, 0) is 41.7 Å². The average Bonchev–Trinajstić information content (AvgIpc) is 2.88. The van der Waals surface area contributed by atoms with Crippen molar-refractivity contribution in [2.75, 3.05) is 0 Å². The van der Waals surface area contributed by atoms with E-state index in [0.29, 0.717) is 6.04 Å². The maximum Gasteiger partial charge on any atom is 0.230 e. The average molecular weight is 262 g/mol. The first-order chi connectivity index (χ1) is 8.74. The minimum absolute atomic E-state index is 0.000708. The molecule has 0 aromatic carbocycles. The van der Waals surface area contributed by atoms with Crippen molar-refractivity contribution in [2.24, 2.45) is 11.7 Å². The van der Waals surface area contributed by atoms with Crippen LogP contribution in [-0.4, -0.2) is 22.9 Å². The lowest BCUT2D eigenvalue weighted by atomic mass is 10.1. The van der Waals surface area contributed by atoms with Gasteiger partial charge in [-0.25, -0.2) is 0 Å². The van der Waals surface area contributed by atoms with Gasteiger partial charge >= 0.3 is 0 Å². The Hall–Kier alpha value is -1.13. The molecule has 1 aromatic heterocycles. The van der Waals surface area contributed by atoms with Gasteiger partial charge in [-0.1, -0.05) is 12.2 Å². The molecule has 4 heteroatoms. The summed E-state index contributed by atoms with van der Waals surface area (Å²) in [5, 5.41) is 4.19. The summed E-state index contributed by atoms with van der Waals surface area (Å²) < 4.78 is 0. The van der Waals surface area contributed by atoms with Crippen LogP contribution in [0.2, 0.25) is 0 Å². The van der Waals surface area contributed by atoms with E-state index >= 15 is 0 Å². The standard InChI is InChI=1S/C14H18N2OS/c15-12-2-1-11(7-12)14(17)16(13-3-4-13)8-10-5-6-18-9-10/h1-2,5-6,9,11-13H,3-4,7-8,15H2. The van der Waals surface area contributed by atoms with E-state index < -0.39 is 0 Å². The molecule has 1 fully saturated rings. The Bertz CT molecular complexity index is 450. The Kier molecular flexibility index (Phi) is 3.22. The topological polar surface area (TPSA) is 46.3 Å². The molecule has 1 heterocycles. The molecule has 2 aliphatic carbocycles. The van der Waals surface area contributed by atoms with Crippen LogP contribution >= 0.6 is 11.3 Å². The fraction of sp³-hybridized carbons (Fsp3) is 0.500. The Morgan fingerprint density at radius 1 is 1.44 bits per heavy atom. The van der Waals surface area contributed by atoms with Gasteiger partial charge in [-0.2, -0.15) is 11.3 Å². The number of amides is 1. The molecule has 96 valence electrons. The van der Waals surface area contributed by atoms with E-state index in [9.17, 15) is 4.79 Å². The fourth-order valence-electron chi connectivity index (χ4n) is 2.48.